The average molecular weight is 502 g/mol. The van der Waals surface area contributed by atoms with E-state index in [2.05, 4.69) is 5.32 Å². The predicted molar refractivity (Wildman–Crippen MR) is 132 cm³/mol. The lowest BCUT2D eigenvalue weighted by Crippen LogP contribution is -2.32. The molecular weight excluding hydrogens is 474 g/mol. The van der Waals surface area contributed by atoms with Gasteiger partial charge in [-0.25, -0.2) is 8.42 Å². The van der Waals surface area contributed by atoms with Gasteiger partial charge in [0, 0.05) is 24.5 Å². The molecule has 2 N–H and O–H groups in total. The van der Waals surface area contributed by atoms with Crippen LogP contribution in [0.2, 0.25) is 5.02 Å². The van der Waals surface area contributed by atoms with E-state index in [1.165, 1.54) is 25.1 Å². The highest BCUT2D eigenvalue weighted by molar-refractivity contribution is 7.91. The molecule has 180 valence electrons. The number of aryl methyl sites for hydroxylation is 1. The van der Waals surface area contributed by atoms with Crippen LogP contribution in [-0.2, 0) is 21.1 Å². The highest BCUT2D eigenvalue weighted by Crippen LogP contribution is 2.27. The van der Waals surface area contributed by atoms with Crippen LogP contribution in [0.5, 0.6) is 5.75 Å². The average Bonchev–Trinajstić information content (AvgIpc) is 2.79. The number of sulfone groups is 1. The van der Waals surface area contributed by atoms with Crippen molar-refractivity contribution in [2.24, 2.45) is 0 Å². The second-order valence-electron chi connectivity index (χ2n) is 8.25. The number of carbonyl (C=O) groups is 1. The number of nitrogens with one attached hydrogen (secondary N) is 1. The summed E-state index contributed by atoms with van der Waals surface area (Å²) in [6.45, 7) is 5.36. The van der Waals surface area contributed by atoms with Crippen LogP contribution in [0.3, 0.4) is 0 Å². The van der Waals surface area contributed by atoms with Crippen molar-refractivity contribution in [1.82, 2.24) is 5.32 Å². The lowest BCUT2D eigenvalue weighted by Gasteiger charge is -2.18. The molecule has 3 rings (SSSR count). The van der Waals surface area contributed by atoms with Crippen LogP contribution in [0, 0.1) is 6.92 Å². The normalized spacial score (nSPS) is 13.3. The maximum atomic E-state index is 13.0. The van der Waals surface area contributed by atoms with Crippen LogP contribution < -0.4 is 10.1 Å². The summed E-state index contributed by atoms with van der Waals surface area (Å²) in [5.74, 6) is -0.124. The number of aliphatic hydroxyl groups is 1. The molecule has 0 amide bonds. The van der Waals surface area contributed by atoms with Crippen molar-refractivity contribution in [2.75, 3.05) is 6.54 Å². The third kappa shape index (κ3) is 6.67. The predicted octanol–water partition coefficient (Wildman–Crippen LogP) is 4.66. The van der Waals surface area contributed by atoms with Gasteiger partial charge < -0.3 is 15.2 Å². The Morgan fingerprint density at radius 1 is 1.06 bits per heavy atom. The number of benzene rings is 3. The summed E-state index contributed by atoms with van der Waals surface area (Å²) in [5, 5.41) is 14.2. The van der Waals surface area contributed by atoms with E-state index < -0.39 is 21.9 Å². The first kappa shape index (κ1) is 25.9. The molecule has 3 aromatic rings. The second-order valence-corrected chi connectivity index (χ2v) is 10.6. The van der Waals surface area contributed by atoms with Crippen LogP contribution in [-0.4, -0.2) is 32.1 Å². The Labute approximate surface area is 205 Å². The van der Waals surface area contributed by atoms with E-state index in [9.17, 15) is 18.3 Å². The molecule has 6 nitrogen and oxygen atoms in total. The van der Waals surface area contributed by atoms with Gasteiger partial charge in [-0.1, -0.05) is 35.9 Å². The summed E-state index contributed by atoms with van der Waals surface area (Å²) < 4.78 is 31.1. The van der Waals surface area contributed by atoms with Crippen molar-refractivity contribution < 1.29 is 23.1 Å². The molecule has 34 heavy (non-hydrogen) atoms. The van der Waals surface area contributed by atoms with Crippen LogP contribution in [0.25, 0.3) is 0 Å². The number of carbonyl (C=O) groups excluding carboxylic acids is 1. The van der Waals surface area contributed by atoms with Gasteiger partial charge in [0.2, 0.25) is 9.84 Å². The fourth-order valence-corrected chi connectivity index (χ4v) is 5.11. The molecule has 0 fully saturated rings. The number of hydrogen-bond acceptors (Lipinski definition) is 6. The summed E-state index contributed by atoms with van der Waals surface area (Å²) in [7, 11) is -3.71. The van der Waals surface area contributed by atoms with E-state index in [0.717, 1.165) is 11.1 Å². The van der Waals surface area contributed by atoms with Gasteiger partial charge in [0.15, 0.2) is 0 Å². The van der Waals surface area contributed by atoms with E-state index >= 15 is 0 Å². The third-order valence-corrected chi connectivity index (χ3v) is 7.38. The van der Waals surface area contributed by atoms with E-state index in [1.807, 2.05) is 13.0 Å². The first-order chi connectivity index (χ1) is 16.1. The third-order valence-electron chi connectivity index (χ3n) is 5.38. The SMILES string of the molecule is CC(=O)Oc1ccc(S(=O)(=O)c2ccc(C[C@@H](C)NC[C@@H](O)c3cccc(Cl)c3)cc2)cc1C. The zero-order chi connectivity index (χ0) is 24.9. The quantitative estimate of drug-likeness (QED) is 0.327. The van der Waals surface area contributed by atoms with Crippen molar-refractivity contribution in [1.29, 1.82) is 0 Å². The molecule has 0 aliphatic carbocycles. The van der Waals surface area contributed by atoms with Crippen molar-refractivity contribution in [3.63, 3.8) is 0 Å². The minimum Gasteiger partial charge on any atom is -0.426 e. The number of hydrogen-bond donors (Lipinski definition) is 2. The van der Waals surface area contributed by atoms with Gasteiger partial charge in [0.1, 0.15) is 5.75 Å². The maximum Gasteiger partial charge on any atom is 0.308 e. The van der Waals surface area contributed by atoms with Crippen LogP contribution in [0.15, 0.2) is 76.5 Å². The molecule has 3 aromatic carbocycles. The topological polar surface area (TPSA) is 92.7 Å². The Morgan fingerprint density at radius 2 is 1.74 bits per heavy atom. The first-order valence-electron chi connectivity index (χ1n) is 10.9. The minimum absolute atomic E-state index is 0.0627. The number of halogens is 1. The molecule has 0 radical (unpaired) electrons. The highest BCUT2D eigenvalue weighted by Gasteiger charge is 2.19. The van der Waals surface area contributed by atoms with Gasteiger partial charge in [-0.15, -0.1) is 0 Å². The van der Waals surface area contributed by atoms with Gasteiger partial charge >= 0.3 is 5.97 Å². The number of ether oxygens (including phenoxy) is 1. The number of aliphatic hydroxyl groups excluding tert-OH is 1. The Kier molecular flexibility index (Phi) is 8.49. The molecule has 0 saturated heterocycles. The van der Waals surface area contributed by atoms with Crippen molar-refractivity contribution in [2.45, 2.75) is 49.1 Å². The van der Waals surface area contributed by atoms with Gasteiger partial charge in [-0.3, -0.25) is 4.79 Å². The highest BCUT2D eigenvalue weighted by atomic mass is 35.5. The zero-order valence-electron chi connectivity index (χ0n) is 19.3. The Hall–Kier alpha value is -2.71. The molecule has 0 heterocycles. The molecular formula is C26H28ClNO5S. The standard InChI is InChI=1S/C26H28ClNO5S/c1-17-13-24(11-12-26(17)33-19(3)29)34(31,32)23-9-7-20(8-10-23)14-18(2)28-16-25(30)21-5-4-6-22(27)15-21/h4-13,15,18,25,28,30H,14,16H2,1-3H3/t18-,25-/m1/s1. The largest absolute Gasteiger partial charge is 0.426 e. The van der Waals surface area contributed by atoms with Crippen molar-refractivity contribution >= 4 is 27.4 Å². The van der Waals surface area contributed by atoms with Crippen LogP contribution >= 0.6 is 11.6 Å². The smallest absolute Gasteiger partial charge is 0.308 e. The molecule has 0 aromatic heterocycles. The van der Waals surface area contributed by atoms with E-state index in [4.69, 9.17) is 16.3 Å². The Balaban J connectivity index is 1.62. The van der Waals surface area contributed by atoms with Gasteiger partial charge in [0.05, 0.1) is 15.9 Å². The number of esters is 1. The molecule has 8 heteroatoms. The fraction of sp³-hybridized carbons (Fsp3) is 0.269. The van der Waals surface area contributed by atoms with Crippen LogP contribution in [0.1, 0.15) is 36.6 Å². The monoisotopic (exact) mass is 501 g/mol. The second kappa shape index (κ2) is 11.1. The molecule has 0 aliphatic heterocycles. The van der Waals surface area contributed by atoms with E-state index in [0.29, 0.717) is 29.3 Å². The van der Waals surface area contributed by atoms with Gasteiger partial charge in [-0.05, 0) is 79.4 Å². The first-order valence-corrected chi connectivity index (χ1v) is 12.7. The summed E-state index contributed by atoms with van der Waals surface area (Å²) in [4.78, 5) is 11.5. The Bertz CT molecular complexity index is 1260. The van der Waals surface area contributed by atoms with Gasteiger partial charge in [0.25, 0.3) is 0 Å². The van der Waals surface area contributed by atoms with Crippen molar-refractivity contribution in [3.05, 3.63) is 88.4 Å². The summed E-state index contributed by atoms with van der Waals surface area (Å²) >= 11 is 5.98. The van der Waals surface area contributed by atoms with Crippen LogP contribution in [0.4, 0.5) is 0 Å². The summed E-state index contributed by atoms with van der Waals surface area (Å²) in [5.41, 5.74) is 2.28. The van der Waals surface area contributed by atoms with E-state index in [-0.39, 0.29) is 15.8 Å². The zero-order valence-corrected chi connectivity index (χ0v) is 20.9. The lowest BCUT2D eigenvalue weighted by atomic mass is 10.1. The molecule has 0 aliphatic rings. The summed E-state index contributed by atoms with van der Waals surface area (Å²) in [6, 6.07) is 18.4. The fourth-order valence-electron chi connectivity index (χ4n) is 3.57. The van der Waals surface area contributed by atoms with Gasteiger partial charge in [-0.2, -0.15) is 0 Å². The molecule has 0 spiro atoms. The lowest BCUT2D eigenvalue weighted by molar-refractivity contribution is -0.131. The maximum absolute atomic E-state index is 13.0. The molecule has 0 unspecified atom stereocenters. The number of rotatable bonds is 9. The van der Waals surface area contributed by atoms with E-state index in [1.54, 1.807) is 49.4 Å². The molecule has 2 atom stereocenters. The Morgan fingerprint density at radius 3 is 2.35 bits per heavy atom. The minimum atomic E-state index is -3.71. The molecule has 0 saturated carbocycles. The molecule has 0 bridgehead atoms. The summed E-state index contributed by atoms with van der Waals surface area (Å²) in [6.07, 6.45) is -0.0111. The van der Waals surface area contributed by atoms with Crippen molar-refractivity contribution in [3.8, 4) is 5.75 Å².